The van der Waals surface area contributed by atoms with Crippen LogP contribution in [0.5, 0.6) is 0 Å². The Morgan fingerprint density at radius 1 is 1.82 bits per heavy atom. The molecule has 3 nitrogen and oxygen atoms in total. The lowest BCUT2D eigenvalue weighted by molar-refractivity contribution is 0.685. The molecule has 0 aliphatic heterocycles. The fraction of sp³-hybridized carbons (Fsp3) is 0.571. The molecule has 0 spiro atoms. The summed E-state index contributed by atoms with van der Waals surface area (Å²) >= 11 is 1.56. The lowest BCUT2D eigenvalue weighted by Gasteiger charge is -1.98. The summed E-state index contributed by atoms with van der Waals surface area (Å²) in [4.78, 5) is 5.28. The smallest absolute Gasteiger partial charge is 0.203 e. The molecule has 1 heterocycles. The van der Waals surface area contributed by atoms with Crippen LogP contribution in [-0.4, -0.2) is 10.7 Å². The number of rotatable bonds is 2. The third-order valence-electron chi connectivity index (χ3n) is 1.54. The highest BCUT2D eigenvalue weighted by Gasteiger charge is 1.94. The standard InChI is InChI=1S/C7H13N3S/c1-3-6(2)9-7-10(8)4-5-11-7/h4-6H,3,8H2,1-2H3/b9-7-. The second kappa shape index (κ2) is 3.57. The molecule has 0 saturated carbocycles. The third-order valence-corrected chi connectivity index (χ3v) is 2.32. The van der Waals surface area contributed by atoms with Gasteiger partial charge in [-0.25, -0.2) is 4.68 Å². The van der Waals surface area contributed by atoms with E-state index in [9.17, 15) is 0 Å². The molecule has 0 fully saturated rings. The van der Waals surface area contributed by atoms with E-state index in [1.165, 1.54) is 0 Å². The van der Waals surface area contributed by atoms with Crippen molar-refractivity contribution >= 4 is 11.3 Å². The maximum atomic E-state index is 5.58. The number of aromatic nitrogens is 1. The molecule has 0 bridgehead atoms. The summed E-state index contributed by atoms with van der Waals surface area (Å²) in [6.07, 6.45) is 2.86. The summed E-state index contributed by atoms with van der Waals surface area (Å²) in [6, 6.07) is 0.364. The van der Waals surface area contributed by atoms with Gasteiger partial charge in [-0.1, -0.05) is 6.92 Å². The monoisotopic (exact) mass is 171 g/mol. The number of nitrogens with zero attached hydrogens (tertiary/aromatic N) is 2. The van der Waals surface area contributed by atoms with Crippen molar-refractivity contribution in [3.63, 3.8) is 0 Å². The lowest BCUT2D eigenvalue weighted by Crippen LogP contribution is -2.23. The van der Waals surface area contributed by atoms with Gasteiger partial charge in [0.05, 0.1) is 6.04 Å². The lowest BCUT2D eigenvalue weighted by atomic mass is 10.3. The van der Waals surface area contributed by atoms with Crippen molar-refractivity contribution in [1.82, 2.24) is 4.68 Å². The summed E-state index contributed by atoms with van der Waals surface area (Å²) in [6.45, 7) is 4.20. The van der Waals surface area contributed by atoms with Crippen molar-refractivity contribution in [2.45, 2.75) is 26.3 Å². The van der Waals surface area contributed by atoms with E-state index in [-0.39, 0.29) is 0 Å². The molecule has 0 aliphatic rings. The van der Waals surface area contributed by atoms with Crippen LogP contribution in [0.3, 0.4) is 0 Å². The van der Waals surface area contributed by atoms with Crippen LogP contribution < -0.4 is 10.6 Å². The van der Waals surface area contributed by atoms with Gasteiger partial charge in [-0.2, -0.15) is 0 Å². The van der Waals surface area contributed by atoms with Crippen molar-refractivity contribution in [1.29, 1.82) is 0 Å². The number of hydrogen-bond donors (Lipinski definition) is 1. The van der Waals surface area contributed by atoms with Crippen LogP contribution in [-0.2, 0) is 0 Å². The van der Waals surface area contributed by atoms with Crippen LogP contribution in [0, 0.1) is 0 Å². The second-order valence-corrected chi connectivity index (χ2v) is 3.35. The maximum absolute atomic E-state index is 5.58. The minimum Gasteiger partial charge on any atom is -0.337 e. The van der Waals surface area contributed by atoms with Gasteiger partial charge in [-0.15, -0.1) is 11.3 Å². The zero-order valence-electron chi connectivity index (χ0n) is 6.82. The molecular formula is C7H13N3S. The SMILES string of the molecule is CCC(C)/N=c1\sccn1N. The highest BCUT2D eigenvalue weighted by molar-refractivity contribution is 7.07. The zero-order chi connectivity index (χ0) is 8.27. The van der Waals surface area contributed by atoms with E-state index in [0.717, 1.165) is 11.2 Å². The molecule has 1 atom stereocenters. The first-order chi connectivity index (χ1) is 5.24. The molecular weight excluding hydrogens is 158 g/mol. The Morgan fingerprint density at radius 3 is 3.00 bits per heavy atom. The van der Waals surface area contributed by atoms with Crippen LogP contribution in [0.4, 0.5) is 0 Å². The molecule has 4 heteroatoms. The average Bonchev–Trinajstić information content (AvgIpc) is 2.37. The largest absolute Gasteiger partial charge is 0.337 e. The Balaban J connectivity index is 2.90. The first kappa shape index (κ1) is 8.33. The van der Waals surface area contributed by atoms with Crippen LogP contribution in [0.25, 0.3) is 0 Å². The summed E-state index contributed by atoms with van der Waals surface area (Å²) in [5.74, 6) is 5.58. The number of thiazole rings is 1. The first-order valence-corrected chi connectivity index (χ1v) is 4.57. The van der Waals surface area contributed by atoms with E-state index in [2.05, 4.69) is 18.8 Å². The summed E-state index contributed by atoms with van der Waals surface area (Å²) in [7, 11) is 0. The molecule has 0 amide bonds. The molecule has 1 aromatic rings. The average molecular weight is 171 g/mol. The van der Waals surface area contributed by atoms with Gasteiger partial charge < -0.3 is 5.84 Å². The molecule has 0 saturated heterocycles. The highest BCUT2D eigenvalue weighted by atomic mass is 32.1. The van der Waals surface area contributed by atoms with E-state index in [4.69, 9.17) is 5.84 Å². The van der Waals surface area contributed by atoms with Gasteiger partial charge in [0.25, 0.3) is 0 Å². The Morgan fingerprint density at radius 2 is 2.55 bits per heavy atom. The molecule has 11 heavy (non-hydrogen) atoms. The topological polar surface area (TPSA) is 43.3 Å². The molecule has 1 rings (SSSR count). The van der Waals surface area contributed by atoms with Crippen molar-refractivity contribution in [3.8, 4) is 0 Å². The summed E-state index contributed by atoms with van der Waals surface area (Å²) in [5, 5.41) is 1.93. The Kier molecular flexibility index (Phi) is 2.70. The summed E-state index contributed by atoms with van der Waals surface area (Å²) < 4.78 is 1.55. The fourth-order valence-electron chi connectivity index (χ4n) is 0.658. The molecule has 0 aromatic carbocycles. The Hall–Kier alpha value is -0.770. The normalized spacial score (nSPS) is 15.3. The van der Waals surface area contributed by atoms with Crippen LogP contribution in [0.1, 0.15) is 20.3 Å². The predicted octanol–water partition coefficient (Wildman–Crippen LogP) is 0.963. The second-order valence-electron chi connectivity index (χ2n) is 2.48. The van der Waals surface area contributed by atoms with E-state index < -0.39 is 0 Å². The van der Waals surface area contributed by atoms with Crippen molar-refractivity contribution in [2.24, 2.45) is 4.99 Å². The number of hydrogen-bond acceptors (Lipinski definition) is 3. The molecule has 1 unspecified atom stereocenters. The molecule has 2 N–H and O–H groups in total. The van der Waals surface area contributed by atoms with E-state index in [1.54, 1.807) is 16.0 Å². The minimum absolute atomic E-state index is 0.364. The zero-order valence-corrected chi connectivity index (χ0v) is 7.64. The number of nitrogens with two attached hydrogens (primary N) is 1. The van der Waals surface area contributed by atoms with Crippen LogP contribution in [0.2, 0.25) is 0 Å². The van der Waals surface area contributed by atoms with Gasteiger partial charge in [0, 0.05) is 11.6 Å². The highest BCUT2D eigenvalue weighted by Crippen LogP contribution is 1.94. The third kappa shape index (κ3) is 2.08. The number of nitrogen functional groups attached to an aromatic ring is 1. The van der Waals surface area contributed by atoms with Gasteiger partial charge in [0.2, 0.25) is 4.80 Å². The van der Waals surface area contributed by atoms with Gasteiger partial charge in [-0.05, 0) is 13.3 Å². The van der Waals surface area contributed by atoms with Gasteiger partial charge in [0.15, 0.2) is 0 Å². The van der Waals surface area contributed by atoms with E-state index in [1.807, 2.05) is 11.6 Å². The van der Waals surface area contributed by atoms with E-state index >= 15 is 0 Å². The first-order valence-electron chi connectivity index (χ1n) is 3.69. The van der Waals surface area contributed by atoms with Gasteiger partial charge in [-0.3, -0.25) is 4.99 Å². The maximum Gasteiger partial charge on any atom is 0.203 e. The summed E-state index contributed by atoms with van der Waals surface area (Å²) in [5.41, 5.74) is 0. The Labute approximate surface area is 70.2 Å². The molecule has 0 aliphatic carbocycles. The Bertz CT molecular complexity index is 273. The van der Waals surface area contributed by atoms with Crippen LogP contribution >= 0.6 is 11.3 Å². The molecule has 1 aromatic heterocycles. The quantitative estimate of drug-likeness (QED) is 0.662. The van der Waals surface area contributed by atoms with E-state index in [0.29, 0.717) is 6.04 Å². The minimum atomic E-state index is 0.364. The van der Waals surface area contributed by atoms with Crippen molar-refractivity contribution < 1.29 is 0 Å². The van der Waals surface area contributed by atoms with Crippen molar-refractivity contribution in [2.75, 3.05) is 5.84 Å². The van der Waals surface area contributed by atoms with Gasteiger partial charge in [0.1, 0.15) is 0 Å². The molecule has 62 valence electrons. The fourth-order valence-corrected chi connectivity index (χ4v) is 1.40. The van der Waals surface area contributed by atoms with Crippen molar-refractivity contribution in [3.05, 3.63) is 16.4 Å². The van der Waals surface area contributed by atoms with Gasteiger partial charge >= 0.3 is 0 Å². The predicted molar refractivity (Wildman–Crippen MR) is 47.8 cm³/mol. The van der Waals surface area contributed by atoms with Crippen LogP contribution in [0.15, 0.2) is 16.6 Å². The molecule has 0 radical (unpaired) electrons.